The van der Waals surface area contributed by atoms with E-state index in [0.717, 1.165) is 11.8 Å². The second kappa shape index (κ2) is 6.19. The summed E-state index contributed by atoms with van der Waals surface area (Å²) in [6, 6.07) is 8.94. The summed E-state index contributed by atoms with van der Waals surface area (Å²) in [6.45, 7) is 5.33. The minimum absolute atomic E-state index is 0. The van der Waals surface area contributed by atoms with Gasteiger partial charge in [-0.05, 0) is 32.8 Å². The van der Waals surface area contributed by atoms with Crippen molar-refractivity contribution in [1.82, 2.24) is 5.32 Å². The molecular formula is C14H21NO3. The molecule has 0 saturated heterocycles. The molecule has 1 aromatic carbocycles. The molecule has 0 radical (unpaired) electrons. The Morgan fingerprint density at radius 1 is 1.39 bits per heavy atom. The van der Waals surface area contributed by atoms with E-state index in [2.05, 4.69) is 5.32 Å². The maximum Gasteiger partial charge on any atom is 0.408 e. The molecule has 4 heteroatoms. The number of rotatable bonds is 4. The molecule has 0 saturated carbocycles. The molecule has 0 bridgehead atoms. The van der Waals surface area contributed by atoms with Crippen molar-refractivity contribution in [3.63, 3.8) is 0 Å². The highest BCUT2D eigenvalue weighted by atomic mass is 16.6. The fraction of sp³-hybridized carbons (Fsp3) is 0.429. The fourth-order valence-electron chi connectivity index (χ4n) is 1.46. The molecule has 0 fully saturated rings. The molecule has 0 spiro atoms. The van der Waals surface area contributed by atoms with Crippen LogP contribution in [0.1, 0.15) is 27.8 Å². The number of nitrogens with one attached hydrogen (secondary N) is 1. The lowest BCUT2D eigenvalue weighted by molar-refractivity contribution is -0.109. The van der Waals surface area contributed by atoms with Crippen LogP contribution in [-0.2, 0) is 16.0 Å². The van der Waals surface area contributed by atoms with Gasteiger partial charge in [0.1, 0.15) is 11.9 Å². The van der Waals surface area contributed by atoms with Gasteiger partial charge in [0, 0.05) is 1.43 Å². The standard InChI is InChI=1S/C14H19NO3.H2/c1-14(2,3)18-13(17)15-12(10-16)9-11-7-5-4-6-8-11;/h4-8,10,12H,9H2,1-3H3,(H,15,17);1H. The minimum Gasteiger partial charge on any atom is -0.444 e. The van der Waals surface area contributed by atoms with Gasteiger partial charge in [-0.1, -0.05) is 30.3 Å². The summed E-state index contributed by atoms with van der Waals surface area (Å²) in [5, 5.41) is 2.54. The molecule has 4 nitrogen and oxygen atoms in total. The zero-order chi connectivity index (χ0) is 13.6. The molecule has 1 unspecified atom stereocenters. The first-order chi connectivity index (χ1) is 8.40. The van der Waals surface area contributed by atoms with Crippen LogP contribution in [0.2, 0.25) is 0 Å². The summed E-state index contributed by atoms with van der Waals surface area (Å²) in [7, 11) is 0. The Balaban J connectivity index is 0.00000324. The number of alkyl carbamates (subject to hydrolysis) is 1. The van der Waals surface area contributed by atoms with E-state index in [4.69, 9.17) is 4.74 Å². The maximum atomic E-state index is 11.5. The molecule has 1 atom stereocenters. The van der Waals surface area contributed by atoms with E-state index >= 15 is 0 Å². The average Bonchev–Trinajstić information content (AvgIpc) is 2.27. The van der Waals surface area contributed by atoms with Crippen molar-refractivity contribution >= 4 is 12.4 Å². The quantitative estimate of drug-likeness (QED) is 0.837. The van der Waals surface area contributed by atoms with Gasteiger partial charge in [-0.25, -0.2) is 4.79 Å². The Morgan fingerprint density at radius 2 is 2.00 bits per heavy atom. The van der Waals surface area contributed by atoms with Crippen LogP contribution >= 0.6 is 0 Å². The molecule has 18 heavy (non-hydrogen) atoms. The first-order valence-corrected chi connectivity index (χ1v) is 5.89. The van der Waals surface area contributed by atoms with E-state index in [-0.39, 0.29) is 1.43 Å². The molecule has 1 amide bonds. The maximum absolute atomic E-state index is 11.5. The lowest BCUT2D eigenvalue weighted by atomic mass is 10.1. The Hall–Kier alpha value is -1.84. The topological polar surface area (TPSA) is 55.4 Å². The summed E-state index contributed by atoms with van der Waals surface area (Å²) < 4.78 is 5.10. The van der Waals surface area contributed by atoms with Gasteiger partial charge >= 0.3 is 6.09 Å². The summed E-state index contributed by atoms with van der Waals surface area (Å²) in [6.07, 6.45) is 0.607. The van der Waals surface area contributed by atoms with E-state index in [1.54, 1.807) is 20.8 Å². The SMILES string of the molecule is CC(C)(C)OC(=O)NC(C=O)Cc1ccccc1.[HH]. The Morgan fingerprint density at radius 3 is 2.50 bits per heavy atom. The number of benzene rings is 1. The normalized spacial score (nSPS) is 12.6. The van der Waals surface area contributed by atoms with Crippen molar-refractivity contribution in [1.29, 1.82) is 0 Å². The molecular weight excluding hydrogens is 230 g/mol. The molecule has 0 heterocycles. The van der Waals surface area contributed by atoms with Crippen molar-refractivity contribution in [2.24, 2.45) is 0 Å². The smallest absolute Gasteiger partial charge is 0.408 e. The number of carbonyl (C=O) groups excluding carboxylic acids is 2. The second-order valence-corrected chi connectivity index (χ2v) is 5.08. The number of amides is 1. The van der Waals surface area contributed by atoms with E-state index in [9.17, 15) is 9.59 Å². The van der Waals surface area contributed by atoms with Gasteiger partial charge in [-0.3, -0.25) is 0 Å². The highest BCUT2D eigenvalue weighted by Crippen LogP contribution is 2.07. The van der Waals surface area contributed by atoms with Gasteiger partial charge < -0.3 is 14.8 Å². The summed E-state index contributed by atoms with van der Waals surface area (Å²) in [4.78, 5) is 22.5. The van der Waals surface area contributed by atoms with E-state index in [1.165, 1.54) is 0 Å². The number of hydrogen-bond acceptors (Lipinski definition) is 3. The summed E-state index contributed by atoms with van der Waals surface area (Å²) >= 11 is 0. The monoisotopic (exact) mass is 251 g/mol. The van der Waals surface area contributed by atoms with Crippen LogP contribution in [0, 0.1) is 0 Å². The Labute approximate surface area is 109 Å². The third-order valence-electron chi connectivity index (χ3n) is 2.16. The molecule has 0 aliphatic heterocycles. The Bertz CT molecular complexity index is 401. The van der Waals surface area contributed by atoms with Gasteiger partial charge in [0.25, 0.3) is 0 Å². The third kappa shape index (κ3) is 5.48. The van der Waals surface area contributed by atoms with Crippen molar-refractivity contribution in [3.05, 3.63) is 35.9 Å². The van der Waals surface area contributed by atoms with E-state index < -0.39 is 17.7 Å². The second-order valence-electron chi connectivity index (χ2n) is 5.08. The lowest BCUT2D eigenvalue weighted by Gasteiger charge is -2.21. The number of carbonyl (C=O) groups is 2. The van der Waals surface area contributed by atoms with E-state index in [0.29, 0.717) is 6.42 Å². The van der Waals surface area contributed by atoms with Gasteiger partial charge in [-0.15, -0.1) is 0 Å². The first kappa shape index (κ1) is 14.2. The fourth-order valence-corrected chi connectivity index (χ4v) is 1.46. The van der Waals surface area contributed by atoms with Gasteiger partial charge in [-0.2, -0.15) is 0 Å². The summed E-state index contributed by atoms with van der Waals surface area (Å²) in [5.41, 5.74) is 0.426. The van der Waals surface area contributed by atoms with Crippen LogP contribution in [0.15, 0.2) is 30.3 Å². The summed E-state index contributed by atoms with van der Waals surface area (Å²) in [5.74, 6) is 0. The van der Waals surface area contributed by atoms with Crippen molar-refractivity contribution in [2.45, 2.75) is 38.8 Å². The highest BCUT2D eigenvalue weighted by Gasteiger charge is 2.19. The van der Waals surface area contributed by atoms with Crippen LogP contribution in [-0.4, -0.2) is 24.0 Å². The van der Waals surface area contributed by atoms with Crippen LogP contribution < -0.4 is 5.32 Å². The number of aldehydes is 1. The zero-order valence-electron chi connectivity index (χ0n) is 11.0. The third-order valence-corrected chi connectivity index (χ3v) is 2.16. The van der Waals surface area contributed by atoms with Gasteiger partial charge in [0.15, 0.2) is 0 Å². The van der Waals surface area contributed by atoms with Crippen molar-refractivity contribution in [3.8, 4) is 0 Å². The van der Waals surface area contributed by atoms with Gasteiger partial charge in [0.2, 0.25) is 0 Å². The average molecular weight is 251 g/mol. The predicted octanol–water partition coefficient (Wildman–Crippen LogP) is 2.57. The van der Waals surface area contributed by atoms with Crippen LogP contribution in [0.3, 0.4) is 0 Å². The van der Waals surface area contributed by atoms with Gasteiger partial charge in [0.05, 0.1) is 6.04 Å². The highest BCUT2D eigenvalue weighted by molar-refractivity contribution is 5.73. The largest absolute Gasteiger partial charge is 0.444 e. The minimum atomic E-state index is -0.574. The lowest BCUT2D eigenvalue weighted by Crippen LogP contribution is -2.41. The van der Waals surface area contributed by atoms with Crippen LogP contribution in [0.4, 0.5) is 4.79 Å². The molecule has 100 valence electrons. The zero-order valence-corrected chi connectivity index (χ0v) is 11.0. The van der Waals surface area contributed by atoms with Crippen molar-refractivity contribution in [2.75, 3.05) is 0 Å². The van der Waals surface area contributed by atoms with Crippen molar-refractivity contribution < 1.29 is 15.8 Å². The number of ether oxygens (including phenoxy) is 1. The molecule has 1 N–H and O–H groups in total. The molecule has 0 aliphatic rings. The molecule has 1 rings (SSSR count). The molecule has 0 aliphatic carbocycles. The van der Waals surface area contributed by atoms with E-state index in [1.807, 2.05) is 30.3 Å². The predicted molar refractivity (Wildman–Crippen MR) is 71.5 cm³/mol. The molecule has 1 aromatic rings. The van der Waals surface area contributed by atoms with Crippen LogP contribution in [0.25, 0.3) is 0 Å². The first-order valence-electron chi connectivity index (χ1n) is 5.89. The Kier molecular flexibility index (Phi) is 4.89. The molecule has 0 aromatic heterocycles. The number of hydrogen-bond donors (Lipinski definition) is 1. The van der Waals surface area contributed by atoms with Crippen LogP contribution in [0.5, 0.6) is 0 Å².